The molecule has 2 aromatic rings. The second-order valence-electron chi connectivity index (χ2n) is 8.39. The number of quaternary nitrogens is 1. The Kier molecular flexibility index (Phi) is 6.16. The molecule has 0 radical (unpaired) electrons. The van der Waals surface area contributed by atoms with Gasteiger partial charge in [0.25, 0.3) is 0 Å². The number of carbonyl (C=O) groups is 1. The molecule has 3 fully saturated rings. The van der Waals surface area contributed by atoms with E-state index in [2.05, 4.69) is 0 Å². The van der Waals surface area contributed by atoms with E-state index >= 15 is 0 Å². The maximum atomic E-state index is 13.4. The highest BCUT2D eigenvalue weighted by Gasteiger charge is 2.49. The van der Waals surface area contributed by atoms with Crippen LogP contribution in [0.4, 0.5) is 10.5 Å². The molecule has 3 heterocycles. The fourth-order valence-corrected chi connectivity index (χ4v) is 4.90. The number of hydrogen-bond acceptors (Lipinski definition) is 3. The number of benzene rings is 2. The average molecular weight is 396 g/mol. The molecule has 3 aliphatic heterocycles. The quantitative estimate of drug-likeness (QED) is 0.716. The van der Waals surface area contributed by atoms with Gasteiger partial charge in [0, 0.05) is 38.0 Å². The van der Waals surface area contributed by atoms with E-state index in [1.54, 1.807) is 4.90 Å². The van der Waals surface area contributed by atoms with Crippen molar-refractivity contribution in [3.63, 3.8) is 0 Å². The van der Waals surface area contributed by atoms with E-state index in [9.17, 15) is 9.90 Å². The number of para-hydroxylation sites is 1. The summed E-state index contributed by atoms with van der Waals surface area (Å²) in [5.74, 6) is 0.654. The third-order valence-electron chi connectivity index (χ3n) is 6.58. The van der Waals surface area contributed by atoms with Crippen molar-refractivity contribution < 1.29 is 19.1 Å². The molecule has 0 saturated carbocycles. The van der Waals surface area contributed by atoms with Crippen LogP contribution in [0.2, 0.25) is 0 Å². The summed E-state index contributed by atoms with van der Waals surface area (Å²) < 4.78 is 7.01. The van der Waals surface area contributed by atoms with Crippen molar-refractivity contribution in [1.29, 1.82) is 0 Å². The molecule has 0 aromatic heterocycles. The van der Waals surface area contributed by atoms with Gasteiger partial charge in [0.1, 0.15) is 0 Å². The molecular formula is C24H31N2O3+. The number of anilines is 1. The third kappa shape index (κ3) is 4.46. The fourth-order valence-electron chi connectivity index (χ4n) is 4.90. The minimum absolute atomic E-state index is 0.108. The molecule has 2 bridgehead atoms. The van der Waals surface area contributed by atoms with Gasteiger partial charge in [-0.1, -0.05) is 48.5 Å². The van der Waals surface area contributed by atoms with Crippen LogP contribution in [0.1, 0.15) is 31.2 Å². The predicted molar refractivity (Wildman–Crippen MR) is 113 cm³/mol. The summed E-state index contributed by atoms with van der Waals surface area (Å²) in [6, 6.07) is 19.8. The molecule has 29 heavy (non-hydrogen) atoms. The largest absolute Gasteiger partial charge is 0.419 e. The first-order valence-corrected chi connectivity index (χ1v) is 10.7. The maximum absolute atomic E-state index is 13.4. The number of carbonyl (C=O) groups excluding carboxylic acids is 1. The summed E-state index contributed by atoms with van der Waals surface area (Å²) in [7, 11) is 0. The zero-order valence-electron chi connectivity index (χ0n) is 17.0. The van der Waals surface area contributed by atoms with Crippen molar-refractivity contribution in [2.24, 2.45) is 5.92 Å². The van der Waals surface area contributed by atoms with E-state index in [0.717, 1.165) is 48.2 Å². The number of amides is 1. The van der Waals surface area contributed by atoms with Crippen LogP contribution in [0.25, 0.3) is 0 Å². The smallest absolute Gasteiger partial charge is 0.396 e. The highest BCUT2D eigenvalue weighted by atomic mass is 16.6. The Morgan fingerprint density at radius 1 is 1.03 bits per heavy atom. The van der Waals surface area contributed by atoms with Crippen LogP contribution in [-0.2, 0) is 11.3 Å². The van der Waals surface area contributed by atoms with Gasteiger partial charge in [0.15, 0.2) is 0 Å². The first kappa shape index (κ1) is 19.9. The van der Waals surface area contributed by atoms with E-state index in [4.69, 9.17) is 4.74 Å². The van der Waals surface area contributed by atoms with Crippen LogP contribution >= 0.6 is 0 Å². The molecule has 0 spiro atoms. The molecule has 0 aliphatic carbocycles. The lowest BCUT2D eigenvalue weighted by molar-refractivity contribution is -0.984. The highest BCUT2D eigenvalue weighted by molar-refractivity contribution is 5.87. The van der Waals surface area contributed by atoms with E-state index in [-0.39, 0.29) is 18.9 Å². The molecule has 5 nitrogen and oxygen atoms in total. The standard InChI is InChI=1S/C24H31N2O3/c27-17-7-14-26-15-12-20(13-16-26)18-23(26)29-24(28)25(22-10-5-2-6-11-22)19-21-8-3-1-4-9-21/h1-6,8-11,20,23,27H,7,12-19H2/q+1. The monoisotopic (exact) mass is 395 g/mol. The Morgan fingerprint density at radius 2 is 1.69 bits per heavy atom. The zero-order chi connectivity index (χ0) is 20.1. The lowest BCUT2D eigenvalue weighted by Crippen LogP contribution is -2.66. The molecule has 5 heteroatoms. The summed E-state index contributed by atoms with van der Waals surface area (Å²) in [6.07, 6.45) is 3.70. The number of piperidine rings is 3. The molecule has 5 rings (SSSR count). The first-order valence-electron chi connectivity index (χ1n) is 10.7. The van der Waals surface area contributed by atoms with Gasteiger partial charge in [-0.15, -0.1) is 0 Å². The second kappa shape index (κ2) is 8.97. The number of nitrogens with zero attached hydrogens (tertiary/aromatic N) is 2. The summed E-state index contributed by atoms with van der Waals surface area (Å²) in [6.45, 7) is 3.65. The van der Waals surface area contributed by atoms with Crippen molar-refractivity contribution in [2.75, 3.05) is 31.1 Å². The normalized spacial score (nSPS) is 25.6. The van der Waals surface area contributed by atoms with Crippen molar-refractivity contribution in [2.45, 2.75) is 38.5 Å². The van der Waals surface area contributed by atoms with E-state index in [0.29, 0.717) is 12.5 Å². The van der Waals surface area contributed by atoms with Crippen molar-refractivity contribution >= 4 is 11.8 Å². The Morgan fingerprint density at radius 3 is 2.34 bits per heavy atom. The summed E-state index contributed by atoms with van der Waals surface area (Å²) in [5, 5.41) is 9.36. The molecular weight excluding hydrogens is 364 g/mol. The number of rotatable bonds is 7. The van der Waals surface area contributed by atoms with Crippen molar-refractivity contribution in [3.8, 4) is 0 Å². The third-order valence-corrected chi connectivity index (χ3v) is 6.58. The highest BCUT2D eigenvalue weighted by Crippen LogP contribution is 2.39. The summed E-state index contributed by atoms with van der Waals surface area (Å²) >= 11 is 0. The van der Waals surface area contributed by atoms with Gasteiger partial charge in [-0.3, -0.25) is 9.38 Å². The first-order chi connectivity index (χ1) is 14.2. The minimum Gasteiger partial charge on any atom is -0.396 e. The zero-order valence-corrected chi connectivity index (χ0v) is 17.0. The summed E-state index contributed by atoms with van der Waals surface area (Å²) in [4.78, 5) is 15.1. The number of aliphatic hydroxyl groups excluding tert-OH is 1. The fraction of sp³-hybridized carbons (Fsp3) is 0.458. The van der Waals surface area contributed by atoms with E-state index in [1.807, 2.05) is 60.7 Å². The van der Waals surface area contributed by atoms with Crippen LogP contribution in [0.3, 0.4) is 0 Å². The Labute approximate surface area is 173 Å². The van der Waals surface area contributed by atoms with Gasteiger partial charge >= 0.3 is 6.09 Å². The van der Waals surface area contributed by atoms with Crippen molar-refractivity contribution in [1.82, 2.24) is 0 Å². The summed E-state index contributed by atoms with van der Waals surface area (Å²) in [5.41, 5.74) is 1.92. The van der Waals surface area contributed by atoms with Crippen LogP contribution < -0.4 is 4.90 Å². The lowest BCUT2D eigenvalue weighted by Gasteiger charge is -2.53. The molecule has 3 saturated heterocycles. The molecule has 1 amide bonds. The second-order valence-corrected chi connectivity index (χ2v) is 8.39. The average Bonchev–Trinajstić information content (AvgIpc) is 2.78. The number of aliphatic hydroxyl groups is 1. The van der Waals surface area contributed by atoms with E-state index < -0.39 is 0 Å². The molecule has 2 aromatic carbocycles. The van der Waals surface area contributed by atoms with Crippen LogP contribution in [0.15, 0.2) is 60.7 Å². The van der Waals surface area contributed by atoms with Gasteiger partial charge in [-0.25, -0.2) is 4.79 Å². The van der Waals surface area contributed by atoms with Gasteiger partial charge < -0.3 is 9.84 Å². The Hall–Kier alpha value is -2.37. The van der Waals surface area contributed by atoms with E-state index in [1.165, 1.54) is 12.8 Å². The Bertz CT molecular complexity index is 788. The topological polar surface area (TPSA) is 49.8 Å². The molecule has 1 unspecified atom stereocenters. The van der Waals surface area contributed by atoms with Gasteiger partial charge in [0.05, 0.1) is 26.2 Å². The number of ether oxygens (including phenoxy) is 1. The SMILES string of the molecule is O=C(OC1CC2CC[N+]1(CCCO)CC2)N(Cc1ccccc1)c1ccccc1. The number of hydrogen-bond donors (Lipinski definition) is 1. The van der Waals surface area contributed by atoms with Gasteiger partial charge in [-0.05, 0) is 23.6 Å². The number of fused-ring (bicyclic) bond motifs is 3. The van der Waals surface area contributed by atoms with Crippen molar-refractivity contribution in [3.05, 3.63) is 66.2 Å². The van der Waals surface area contributed by atoms with Gasteiger partial charge in [-0.2, -0.15) is 0 Å². The predicted octanol–water partition coefficient (Wildman–Crippen LogP) is 4.17. The molecule has 154 valence electrons. The lowest BCUT2D eigenvalue weighted by atomic mass is 9.84. The maximum Gasteiger partial charge on any atom is 0.419 e. The van der Waals surface area contributed by atoms with Gasteiger partial charge in [0.2, 0.25) is 6.23 Å². The minimum atomic E-state index is -0.279. The molecule has 1 N–H and O–H groups in total. The molecule has 3 aliphatic rings. The van der Waals surface area contributed by atoms with Crippen LogP contribution in [0, 0.1) is 5.92 Å². The van der Waals surface area contributed by atoms with Crippen LogP contribution in [-0.4, -0.2) is 48.2 Å². The van der Waals surface area contributed by atoms with Crippen LogP contribution in [0.5, 0.6) is 0 Å². The Balaban J connectivity index is 1.54. The molecule has 1 atom stereocenters.